The molecule has 16 heavy (non-hydrogen) atoms. The van der Waals surface area contributed by atoms with Crippen LogP contribution in [0.25, 0.3) is 0 Å². The number of thiazole rings is 1. The van der Waals surface area contributed by atoms with Crippen molar-refractivity contribution in [2.75, 3.05) is 11.6 Å². The zero-order valence-corrected chi connectivity index (χ0v) is 9.07. The lowest BCUT2D eigenvalue weighted by molar-refractivity contribution is 0.357. The molecule has 1 aromatic heterocycles. The summed E-state index contributed by atoms with van der Waals surface area (Å²) in [7, 11) is 0. The van der Waals surface area contributed by atoms with Crippen molar-refractivity contribution in [1.29, 1.82) is 5.26 Å². The standard InChI is InChI=1S/C11H7N3OS/c12-5-8-6-16-11(13-8)14-7-15-10-4-2-1-3-9(10)14/h1-4,6H,7H2. The quantitative estimate of drug-likeness (QED) is 0.753. The second kappa shape index (κ2) is 3.51. The van der Waals surface area contributed by atoms with E-state index in [4.69, 9.17) is 10.00 Å². The molecule has 0 fully saturated rings. The minimum Gasteiger partial charge on any atom is -0.470 e. The fourth-order valence-corrected chi connectivity index (χ4v) is 2.36. The first kappa shape index (κ1) is 9.19. The van der Waals surface area contributed by atoms with Crippen LogP contribution in [0.4, 0.5) is 10.8 Å². The molecule has 0 N–H and O–H groups in total. The van der Waals surface area contributed by atoms with Crippen molar-refractivity contribution in [1.82, 2.24) is 4.98 Å². The summed E-state index contributed by atoms with van der Waals surface area (Å²) in [5.74, 6) is 0.858. The number of nitrogens with zero attached hydrogens (tertiary/aromatic N) is 3. The molecule has 0 amide bonds. The molecule has 0 bridgehead atoms. The summed E-state index contributed by atoms with van der Waals surface area (Å²) in [6.45, 7) is 0.456. The molecule has 2 heterocycles. The van der Waals surface area contributed by atoms with Crippen LogP contribution in [0.1, 0.15) is 5.69 Å². The highest BCUT2D eigenvalue weighted by Crippen LogP contribution is 2.39. The highest BCUT2D eigenvalue weighted by atomic mass is 32.1. The summed E-state index contributed by atoms with van der Waals surface area (Å²) >= 11 is 1.45. The SMILES string of the molecule is N#Cc1csc(N2COc3ccccc32)n1. The molecular weight excluding hydrogens is 222 g/mol. The van der Waals surface area contributed by atoms with Gasteiger partial charge in [-0.3, -0.25) is 4.90 Å². The molecule has 0 spiro atoms. The molecular formula is C11H7N3OS. The van der Waals surface area contributed by atoms with Gasteiger partial charge in [-0.25, -0.2) is 4.98 Å². The van der Waals surface area contributed by atoms with E-state index in [9.17, 15) is 0 Å². The zero-order valence-electron chi connectivity index (χ0n) is 8.25. The third kappa shape index (κ3) is 1.32. The second-order valence-electron chi connectivity index (χ2n) is 3.30. The fourth-order valence-electron chi connectivity index (χ4n) is 1.60. The number of rotatable bonds is 1. The average Bonchev–Trinajstić information content (AvgIpc) is 2.94. The third-order valence-corrected chi connectivity index (χ3v) is 3.21. The second-order valence-corrected chi connectivity index (χ2v) is 4.13. The molecule has 0 saturated heterocycles. The maximum absolute atomic E-state index is 8.73. The van der Waals surface area contributed by atoms with Gasteiger partial charge in [0.25, 0.3) is 0 Å². The van der Waals surface area contributed by atoms with Crippen LogP contribution < -0.4 is 9.64 Å². The van der Waals surface area contributed by atoms with E-state index < -0.39 is 0 Å². The summed E-state index contributed by atoms with van der Waals surface area (Å²) in [5.41, 5.74) is 1.45. The van der Waals surface area contributed by atoms with Crippen LogP contribution in [-0.4, -0.2) is 11.7 Å². The minimum absolute atomic E-state index is 0.449. The molecule has 1 aromatic carbocycles. The van der Waals surface area contributed by atoms with Crippen LogP contribution >= 0.6 is 11.3 Å². The first-order chi connectivity index (χ1) is 7.88. The maximum atomic E-state index is 8.73. The van der Waals surface area contributed by atoms with E-state index in [1.165, 1.54) is 11.3 Å². The highest BCUT2D eigenvalue weighted by Gasteiger charge is 2.23. The van der Waals surface area contributed by atoms with Crippen LogP contribution in [0, 0.1) is 11.3 Å². The van der Waals surface area contributed by atoms with Crippen molar-refractivity contribution in [3.63, 3.8) is 0 Å². The predicted molar refractivity (Wildman–Crippen MR) is 60.9 cm³/mol. The lowest BCUT2D eigenvalue weighted by atomic mass is 10.3. The van der Waals surface area contributed by atoms with Crippen molar-refractivity contribution in [2.45, 2.75) is 0 Å². The Balaban J connectivity index is 2.02. The van der Waals surface area contributed by atoms with Gasteiger partial charge in [-0.05, 0) is 12.1 Å². The predicted octanol–water partition coefficient (Wildman–Crippen LogP) is 2.50. The van der Waals surface area contributed by atoms with Gasteiger partial charge in [0.1, 0.15) is 11.8 Å². The molecule has 0 aliphatic carbocycles. The summed E-state index contributed by atoms with van der Waals surface area (Å²) in [6, 6.07) is 9.83. The number of hydrogen-bond donors (Lipinski definition) is 0. The van der Waals surface area contributed by atoms with Gasteiger partial charge in [-0.2, -0.15) is 5.26 Å². The number of ether oxygens (including phenoxy) is 1. The summed E-state index contributed by atoms with van der Waals surface area (Å²) < 4.78 is 5.52. The number of nitriles is 1. The molecule has 1 aliphatic rings. The van der Waals surface area contributed by atoms with Crippen LogP contribution in [0.3, 0.4) is 0 Å². The summed E-state index contributed by atoms with van der Waals surface area (Å²) in [4.78, 5) is 6.17. The Kier molecular flexibility index (Phi) is 2.01. The number of hydrogen-bond acceptors (Lipinski definition) is 5. The number of fused-ring (bicyclic) bond motifs is 1. The van der Waals surface area contributed by atoms with Crippen LogP contribution in [0.5, 0.6) is 5.75 Å². The van der Waals surface area contributed by atoms with Crippen LogP contribution in [0.15, 0.2) is 29.6 Å². The summed E-state index contributed by atoms with van der Waals surface area (Å²) in [6.07, 6.45) is 0. The molecule has 3 rings (SSSR count). The molecule has 0 radical (unpaired) electrons. The van der Waals surface area contributed by atoms with Crippen molar-refractivity contribution in [3.8, 4) is 11.8 Å². The molecule has 1 aliphatic heterocycles. The van der Waals surface area contributed by atoms with Gasteiger partial charge >= 0.3 is 0 Å². The first-order valence-electron chi connectivity index (χ1n) is 4.73. The number of benzene rings is 1. The normalized spacial score (nSPS) is 13.1. The van der Waals surface area contributed by atoms with E-state index in [2.05, 4.69) is 4.98 Å². The van der Waals surface area contributed by atoms with Gasteiger partial charge in [0.05, 0.1) is 5.69 Å². The van der Waals surface area contributed by atoms with Gasteiger partial charge in [0.2, 0.25) is 0 Å². The Morgan fingerprint density at radius 1 is 1.44 bits per heavy atom. The smallest absolute Gasteiger partial charge is 0.193 e. The molecule has 2 aromatic rings. The Morgan fingerprint density at radius 3 is 3.12 bits per heavy atom. The van der Waals surface area contributed by atoms with Gasteiger partial charge in [-0.1, -0.05) is 12.1 Å². The van der Waals surface area contributed by atoms with E-state index >= 15 is 0 Å². The fraction of sp³-hybridized carbons (Fsp3) is 0.0909. The van der Waals surface area contributed by atoms with Crippen molar-refractivity contribution in [2.24, 2.45) is 0 Å². The van der Waals surface area contributed by atoms with Crippen molar-refractivity contribution in [3.05, 3.63) is 35.3 Å². The number of para-hydroxylation sites is 2. The minimum atomic E-state index is 0.449. The van der Waals surface area contributed by atoms with Crippen LogP contribution in [-0.2, 0) is 0 Å². The van der Waals surface area contributed by atoms with Gasteiger partial charge in [0.15, 0.2) is 17.6 Å². The molecule has 78 valence electrons. The molecule has 0 saturated carbocycles. The molecule has 0 atom stereocenters. The van der Waals surface area contributed by atoms with Crippen molar-refractivity contribution < 1.29 is 4.74 Å². The average molecular weight is 229 g/mol. The topological polar surface area (TPSA) is 49.2 Å². The lowest BCUT2D eigenvalue weighted by Gasteiger charge is -2.11. The van der Waals surface area contributed by atoms with E-state index in [1.807, 2.05) is 35.2 Å². The Bertz CT molecular complexity index is 573. The van der Waals surface area contributed by atoms with Gasteiger partial charge in [0, 0.05) is 5.38 Å². The van der Waals surface area contributed by atoms with E-state index in [-0.39, 0.29) is 0 Å². The monoisotopic (exact) mass is 229 g/mol. The third-order valence-electron chi connectivity index (χ3n) is 2.34. The van der Waals surface area contributed by atoms with E-state index in [0.29, 0.717) is 12.4 Å². The van der Waals surface area contributed by atoms with Crippen molar-refractivity contribution >= 4 is 22.2 Å². The van der Waals surface area contributed by atoms with E-state index in [1.54, 1.807) is 5.38 Å². The molecule has 4 nitrogen and oxygen atoms in total. The Morgan fingerprint density at radius 2 is 2.31 bits per heavy atom. The number of aromatic nitrogens is 1. The van der Waals surface area contributed by atoms with E-state index in [0.717, 1.165) is 16.6 Å². The van der Waals surface area contributed by atoms with Crippen LogP contribution in [0.2, 0.25) is 0 Å². The Labute approximate surface area is 96.3 Å². The lowest BCUT2D eigenvalue weighted by Crippen LogP contribution is -2.15. The highest BCUT2D eigenvalue weighted by molar-refractivity contribution is 7.13. The largest absolute Gasteiger partial charge is 0.470 e. The first-order valence-corrected chi connectivity index (χ1v) is 5.61. The summed E-state index contributed by atoms with van der Waals surface area (Å²) in [5, 5.41) is 11.3. The number of anilines is 2. The molecule has 0 unspecified atom stereocenters. The van der Waals surface area contributed by atoms with Gasteiger partial charge in [-0.15, -0.1) is 11.3 Å². The Hall–Kier alpha value is -2.06. The van der Waals surface area contributed by atoms with Gasteiger partial charge < -0.3 is 4.74 Å². The molecule has 5 heteroatoms. The maximum Gasteiger partial charge on any atom is 0.193 e. The zero-order chi connectivity index (χ0) is 11.0.